The molecule has 0 unspecified atom stereocenters. The van der Waals surface area contributed by atoms with Gasteiger partial charge in [0.1, 0.15) is 5.78 Å². The number of methoxy groups -OCH3 is 1. The molecule has 4 nitrogen and oxygen atoms in total. The number of esters is 1. The van der Waals surface area contributed by atoms with Crippen LogP contribution in [0.2, 0.25) is 0 Å². The minimum atomic E-state index is -0.458. The first kappa shape index (κ1) is 17.5. The van der Waals surface area contributed by atoms with Crippen molar-refractivity contribution in [3.8, 4) is 0 Å². The van der Waals surface area contributed by atoms with Crippen molar-refractivity contribution in [3.63, 3.8) is 0 Å². The summed E-state index contributed by atoms with van der Waals surface area (Å²) in [6, 6.07) is 0. The zero-order valence-corrected chi connectivity index (χ0v) is 15.9. The van der Waals surface area contributed by atoms with Gasteiger partial charge in [-0.15, -0.1) is 0 Å². The largest absolute Gasteiger partial charge is 0.469 e. The number of ether oxygens (including phenoxy) is 1. The van der Waals surface area contributed by atoms with Crippen molar-refractivity contribution >= 4 is 11.8 Å². The Balaban J connectivity index is 1.73. The molecule has 0 heterocycles. The van der Waals surface area contributed by atoms with E-state index in [1.165, 1.54) is 7.11 Å². The van der Waals surface area contributed by atoms with Crippen LogP contribution in [-0.4, -0.2) is 30.6 Å². The smallest absolute Gasteiger partial charge is 0.311 e. The number of ketones is 1. The Morgan fingerprint density at radius 2 is 1.88 bits per heavy atom. The number of Topliss-reactive ketones (excluding diaryl/α,β-unsaturated/α-hetero) is 1. The molecule has 4 rings (SSSR count). The van der Waals surface area contributed by atoms with E-state index in [-0.39, 0.29) is 23.4 Å². The highest BCUT2D eigenvalue weighted by Gasteiger charge is 2.69. The Kier molecular flexibility index (Phi) is 3.72. The molecule has 0 aliphatic heterocycles. The molecule has 0 amide bonds. The highest BCUT2D eigenvalue weighted by molar-refractivity contribution is 5.88. The van der Waals surface area contributed by atoms with Gasteiger partial charge in [0.05, 0.1) is 24.5 Å². The van der Waals surface area contributed by atoms with Crippen LogP contribution in [0.5, 0.6) is 0 Å². The van der Waals surface area contributed by atoms with Crippen LogP contribution in [0.4, 0.5) is 0 Å². The summed E-state index contributed by atoms with van der Waals surface area (Å²) in [5.74, 6) is 1.08. The van der Waals surface area contributed by atoms with E-state index in [1.54, 1.807) is 0 Å². The van der Waals surface area contributed by atoms with Gasteiger partial charge in [-0.1, -0.05) is 13.3 Å². The monoisotopic (exact) mass is 348 g/mol. The second-order valence-electron chi connectivity index (χ2n) is 10.0. The summed E-state index contributed by atoms with van der Waals surface area (Å²) < 4.78 is 5.21. The van der Waals surface area contributed by atoms with Gasteiger partial charge in [-0.2, -0.15) is 0 Å². The second kappa shape index (κ2) is 5.31. The highest BCUT2D eigenvalue weighted by Crippen LogP contribution is 2.73. The number of hydrogen-bond acceptors (Lipinski definition) is 4. The summed E-state index contributed by atoms with van der Waals surface area (Å²) in [4.78, 5) is 25.4. The molecule has 0 saturated heterocycles. The first-order valence-electron chi connectivity index (χ1n) is 9.99. The predicted molar refractivity (Wildman–Crippen MR) is 93.7 cm³/mol. The van der Waals surface area contributed by atoms with Crippen molar-refractivity contribution in [3.05, 3.63) is 0 Å². The molecule has 25 heavy (non-hydrogen) atoms. The van der Waals surface area contributed by atoms with Crippen LogP contribution >= 0.6 is 0 Å². The van der Waals surface area contributed by atoms with Gasteiger partial charge < -0.3 is 9.84 Å². The lowest BCUT2D eigenvalue weighted by Gasteiger charge is -2.63. The molecule has 1 spiro atoms. The molecule has 0 aromatic rings. The summed E-state index contributed by atoms with van der Waals surface area (Å²) in [7, 11) is 1.51. The second-order valence-corrected chi connectivity index (χ2v) is 10.0. The normalized spacial score (nSPS) is 51.6. The van der Waals surface area contributed by atoms with Gasteiger partial charge in [0.2, 0.25) is 0 Å². The van der Waals surface area contributed by atoms with E-state index in [9.17, 15) is 14.7 Å². The molecule has 1 N–H and O–H groups in total. The summed E-state index contributed by atoms with van der Waals surface area (Å²) in [6.07, 6.45) is 8.53. The maximum absolute atomic E-state index is 12.8. The molecule has 4 aliphatic rings. The topological polar surface area (TPSA) is 63.6 Å². The quantitative estimate of drug-likeness (QED) is 0.776. The standard InChI is InChI=1S/C21H32O4/c1-18-7-4-8-19(2,17(24)25-3)14(18)5-9-20-11-16(23)21(12-20,13-22)10-6-15(18)20/h14-15,22H,4-13H2,1-3H3/t14-,15-,18+,19-,20-,21-/m1/s1. The van der Waals surface area contributed by atoms with Crippen molar-refractivity contribution in [1.82, 2.24) is 0 Å². The molecule has 2 bridgehead atoms. The van der Waals surface area contributed by atoms with Crippen LogP contribution in [-0.2, 0) is 14.3 Å². The van der Waals surface area contributed by atoms with E-state index in [0.717, 1.165) is 51.4 Å². The number of carbonyl (C=O) groups is 2. The van der Waals surface area contributed by atoms with Gasteiger partial charge in [-0.05, 0) is 74.5 Å². The number of aliphatic hydroxyl groups is 1. The average Bonchev–Trinajstić information content (AvgIpc) is 2.79. The Bertz CT molecular complexity index is 615. The molecule has 4 heteroatoms. The minimum absolute atomic E-state index is 0.0142. The van der Waals surface area contributed by atoms with Crippen molar-refractivity contribution < 1.29 is 19.4 Å². The van der Waals surface area contributed by atoms with Crippen LogP contribution in [0.25, 0.3) is 0 Å². The van der Waals surface area contributed by atoms with Crippen molar-refractivity contribution in [2.75, 3.05) is 13.7 Å². The van der Waals surface area contributed by atoms with Crippen LogP contribution in [0.15, 0.2) is 0 Å². The predicted octanol–water partition coefficient (Wildman–Crippen LogP) is 3.50. The zero-order chi connectivity index (χ0) is 18.1. The average molecular weight is 348 g/mol. The van der Waals surface area contributed by atoms with E-state index >= 15 is 0 Å². The Morgan fingerprint density at radius 1 is 1.16 bits per heavy atom. The van der Waals surface area contributed by atoms with Crippen molar-refractivity contribution in [1.29, 1.82) is 0 Å². The molecule has 0 aromatic carbocycles. The lowest BCUT2D eigenvalue weighted by Crippen LogP contribution is -2.59. The summed E-state index contributed by atoms with van der Waals surface area (Å²) in [5, 5.41) is 9.93. The lowest BCUT2D eigenvalue weighted by atomic mass is 9.40. The minimum Gasteiger partial charge on any atom is -0.469 e. The van der Waals surface area contributed by atoms with Gasteiger partial charge >= 0.3 is 5.97 Å². The molecule has 4 saturated carbocycles. The lowest BCUT2D eigenvalue weighted by molar-refractivity contribution is -0.186. The van der Waals surface area contributed by atoms with Crippen molar-refractivity contribution in [2.45, 2.75) is 71.6 Å². The Hall–Kier alpha value is -0.900. The summed E-state index contributed by atoms with van der Waals surface area (Å²) in [5.41, 5.74) is -0.680. The number of fused-ring (bicyclic) bond motifs is 3. The maximum Gasteiger partial charge on any atom is 0.311 e. The first-order valence-corrected chi connectivity index (χ1v) is 9.99. The number of carbonyl (C=O) groups excluding carboxylic acids is 2. The zero-order valence-electron chi connectivity index (χ0n) is 15.9. The van der Waals surface area contributed by atoms with Gasteiger partial charge in [0, 0.05) is 6.42 Å². The van der Waals surface area contributed by atoms with E-state index < -0.39 is 10.8 Å². The fourth-order valence-corrected chi connectivity index (χ4v) is 8.03. The Labute approximate surface area is 150 Å². The van der Waals surface area contributed by atoms with Crippen LogP contribution in [0.3, 0.4) is 0 Å². The van der Waals surface area contributed by atoms with Gasteiger partial charge in [0.25, 0.3) is 0 Å². The van der Waals surface area contributed by atoms with E-state index in [0.29, 0.717) is 24.0 Å². The van der Waals surface area contributed by atoms with E-state index in [1.807, 2.05) is 0 Å². The van der Waals surface area contributed by atoms with E-state index in [2.05, 4.69) is 13.8 Å². The molecule has 6 atom stereocenters. The molecule has 0 radical (unpaired) electrons. The number of aliphatic hydroxyl groups excluding tert-OH is 1. The van der Waals surface area contributed by atoms with Crippen LogP contribution in [0.1, 0.15) is 71.6 Å². The third-order valence-electron chi connectivity index (χ3n) is 9.10. The maximum atomic E-state index is 12.8. The Morgan fingerprint density at radius 3 is 2.56 bits per heavy atom. The van der Waals surface area contributed by atoms with Gasteiger partial charge in [-0.25, -0.2) is 0 Å². The molecule has 140 valence electrons. The van der Waals surface area contributed by atoms with E-state index in [4.69, 9.17) is 4.74 Å². The third kappa shape index (κ3) is 2.03. The molecule has 4 fully saturated rings. The highest BCUT2D eigenvalue weighted by atomic mass is 16.5. The molecule has 4 aliphatic carbocycles. The summed E-state index contributed by atoms with van der Waals surface area (Å²) in [6.45, 7) is 4.51. The SMILES string of the molecule is COC(=O)[C@]1(C)CCC[C@@]2(C)[C@H]1CC[C@]13CC(=O)[C@](CO)(CC[C@@H]12)C3. The fourth-order valence-electron chi connectivity index (χ4n) is 8.03. The number of hydrogen-bond donors (Lipinski definition) is 1. The van der Waals surface area contributed by atoms with Crippen LogP contribution in [0, 0.1) is 33.5 Å². The fraction of sp³-hybridized carbons (Fsp3) is 0.905. The number of rotatable bonds is 2. The van der Waals surface area contributed by atoms with Crippen LogP contribution < -0.4 is 0 Å². The first-order chi connectivity index (χ1) is 11.8. The van der Waals surface area contributed by atoms with Gasteiger partial charge in [-0.3, -0.25) is 9.59 Å². The molecular formula is C21H32O4. The van der Waals surface area contributed by atoms with Gasteiger partial charge in [0.15, 0.2) is 0 Å². The van der Waals surface area contributed by atoms with Crippen molar-refractivity contribution in [2.24, 2.45) is 33.5 Å². The third-order valence-corrected chi connectivity index (χ3v) is 9.10. The molecule has 0 aromatic heterocycles. The molecular weight excluding hydrogens is 316 g/mol. The summed E-state index contributed by atoms with van der Waals surface area (Å²) >= 11 is 0.